The van der Waals surface area contributed by atoms with Crippen molar-refractivity contribution in [2.75, 3.05) is 13.2 Å². The Labute approximate surface area is 187 Å². The standard InChI is InChI=1S/C23H30N4O5/c1-13-9-15(19-25-26-20(31-19)16-12-30-23(5,6)32-16)11-24-18(13)14-7-8-27(21(28)29)17(10-14)22(2,3)4/h9-11,16-17H,7-8,12H2,1-6H3,(H,28,29). The fourth-order valence-corrected chi connectivity index (χ4v) is 4.19. The summed E-state index contributed by atoms with van der Waals surface area (Å²) < 4.78 is 17.2. The van der Waals surface area contributed by atoms with Crippen LogP contribution in [0.2, 0.25) is 0 Å². The minimum Gasteiger partial charge on any atom is -0.465 e. The average molecular weight is 443 g/mol. The number of amides is 1. The van der Waals surface area contributed by atoms with Gasteiger partial charge in [-0.15, -0.1) is 10.2 Å². The molecule has 2 atom stereocenters. The van der Waals surface area contributed by atoms with Crippen LogP contribution in [0.15, 0.2) is 22.8 Å². The molecule has 0 bridgehead atoms. The Bertz CT molecular complexity index is 1050. The zero-order chi connectivity index (χ0) is 23.3. The first-order valence-corrected chi connectivity index (χ1v) is 10.8. The van der Waals surface area contributed by atoms with Gasteiger partial charge in [-0.2, -0.15) is 0 Å². The molecule has 2 aromatic heterocycles. The Hall–Kier alpha value is -2.78. The molecule has 0 aromatic carbocycles. The average Bonchev–Trinajstić information content (AvgIpc) is 3.33. The lowest BCUT2D eigenvalue weighted by molar-refractivity contribution is -0.141. The number of carbonyl (C=O) groups is 1. The van der Waals surface area contributed by atoms with Crippen molar-refractivity contribution in [1.82, 2.24) is 20.1 Å². The first-order valence-electron chi connectivity index (χ1n) is 10.8. The van der Waals surface area contributed by atoms with Crippen LogP contribution in [-0.4, -0.2) is 56.3 Å². The third-order valence-corrected chi connectivity index (χ3v) is 5.80. The summed E-state index contributed by atoms with van der Waals surface area (Å²) in [6, 6.07) is 1.74. The van der Waals surface area contributed by atoms with E-state index in [1.807, 2.05) is 53.7 Å². The third kappa shape index (κ3) is 4.40. The number of nitrogens with zero attached hydrogens (tertiary/aromatic N) is 4. The van der Waals surface area contributed by atoms with E-state index >= 15 is 0 Å². The number of aromatic nitrogens is 3. The van der Waals surface area contributed by atoms with Gasteiger partial charge in [0.05, 0.1) is 23.9 Å². The van der Waals surface area contributed by atoms with Crippen LogP contribution in [0.4, 0.5) is 4.79 Å². The summed E-state index contributed by atoms with van der Waals surface area (Å²) in [5.74, 6) is 0.0790. The molecule has 4 rings (SSSR count). The van der Waals surface area contributed by atoms with E-state index in [2.05, 4.69) is 15.2 Å². The Balaban J connectivity index is 1.59. The number of pyridine rings is 1. The van der Waals surface area contributed by atoms with Gasteiger partial charge in [0.25, 0.3) is 0 Å². The van der Waals surface area contributed by atoms with Gasteiger partial charge in [0.15, 0.2) is 11.9 Å². The second-order valence-corrected chi connectivity index (χ2v) is 9.88. The molecule has 9 heteroatoms. The monoisotopic (exact) mass is 442 g/mol. The molecule has 4 heterocycles. The zero-order valence-electron chi connectivity index (χ0n) is 19.4. The summed E-state index contributed by atoms with van der Waals surface area (Å²) in [6.07, 6.45) is 3.08. The van der Waals surface area contributed by atoms with Crippen molar-refractivity contribution in [3.05, 3.63) is 35.5 Å². The molecular formula is C23H30N4O5. The molecule has 2 unspecified atom stereocenters. The summed E-state index contributed by atoms with van der Waals surface area (Å²) in [4.78, 5) is 17.9. The lowest BCUT2D eigenvalue weighted by Gasteiger charge is -2.40. The first kappa shape index (κ1) is 22.4. The van der Waals surface area contributed by atoms with Crippen molar-refractivity contribution in [2.24, 2.45) is 5.41 Å². The molecule has 9 nitrogen and oxygen atoms in total. The summed E-state index contributed by atoms with van der Waals surface area (Å²) in [7, 11) is 0. The van der Waals surface area contributed by atoms with Crippen LogP contribution in [0.25, 0.3) is 17.0 Å². The molecule has 2 aliphatic rings. The van der Waals surface area contributed by atoms with Crippen LogP contribution in [-0.2, 0) is 9.47 Å². The fraction of sp³-hybridized carbons (Fsp3) is 0.565. The number of rotatable bonds is 3. The van der Waals surface area contributed by atoms with E-state index in [4.69, 9.17) is 13.9 Å². The third-order valence-electron chi connectivity index (χ3n) is 5.80. The molecule has 0 radical (unpaired) electrons. The SMILES string of the molecule is Cc1cc(-c2nnc(C3COC(C)(C)O3)o2)cnc1C1=CC(C(C)(C)C)N(C(=O)O)CC1. The minimum absolute atomic E-state index is 0.221. The molecule has 0 saturated carbocycles. The van der Waals surface area contributed by atoms with E-state index in [1.165, 1.54) is 4.90 Å². The molecule has 0 spiro atoms. The van der Waals surface area contributed by atoms with Crippen molar-refractivity contribution in [2.45, 2.75) is 65.9 Å². The minimum atomic E-state index is -0.896. The Morgan fingerprint density at radius 3 is 2.62 bits per heavy atom. The van der Waals surface area contributed by atoms with Crippen LogP contribution in [0.3, 0.4) is 0 Å². The van der Waals surface area contributed by atoms with Gasteiger partial charge in [-0.05, 0) is 49.8 Å². The molecule has 2 aromatic rings. The molecule has 1 N–H and O–H groups in total. The first-order chi connectivity index (χ1) is 14.9. The van der Waals surface area contributed by atoms with Crippen molar-refractivity contribution < 1.29 is 23.8 Å². The molecule has 0 aliphatic carbocycles. The van der Waals surface area contributed by atoms with Crippen LogP contribution < -0.4 is 0 Å². The quantitative estimate of drug-likeness (QED) is 0.742. The van der Waals surface area contributed by atoms with Crippen molar-refractivity contribution in [3.63, 3.8) is 0 Å². The van der Waals surface area contributed by atoms with Crippen molar-refractivity contribution in [3.8, 4) is 11.5 Å². The number of carboxylic acid groups (broad SMARTS) is 1. The van der Waals surface area contributed by atoms with Gasteiger partial charge in [0.2, 0.25) is 11.8 Å². The van der Waals surface area contributed by atoms with Gasteiger partial charge >= 0.3 is 6.09 Å². The predicted octanol–water partition coefficient (Wildman–Crippen LogP) is 4.45. The maximum Gasteiger partial charge on any atom is 0.407 e. The van der Waals surface area contributed by atoms with E-state index in [-0.39, 0.29) is 11.5 Å². The maximum absolute atomic E-state index is 11.7. The molecule has 1 amide bonds. The van der Waals surface area contributed by atoms with Gasteiger partial charge in [0.1, 0.15) is 0 Å². The fourth-order valence-electron chi connectivity index (χ4n) is 4.19. The van der Waals surface area contributed by atoms with Crippen LogP contribution in [0.5, 0.6) is 0 Å². The molecule has 32 heavy (non-hydrogen) atoms. The highest BCUT2D eigenvalue weighted by Crippen LogP contribution is 2.36. The topological polar surface area (TPSA) is 111 Å². The van der Waals surface area contributed by atoms with Gasteiger partial charge in [-0.1, -0.05) is 26.8 Å². The van der Waals surface area contributed by atoms with E-state index < -0.39 is 18.0 Å². The van der Waals surface area contributed by atoms with Gasteiger partial charge < -0.3 is 23.9 Å². The molecular weight excluding hydrogens is 412 g/mol. The number of ether oxygens (including phenoxy) is 2. The molecule has 1 saturated heterocycles. The molecule has 172 valence electrons. The lowest BCUT2D eigenvalue weighted by atomic mass is 9.81. The largest absolute Gasteiger partial charge is 0.465 e. The van der Waals surface area contributed by atoms with Crippen LogP contribution >= 0.6 is 0 Å². The Morgan fingerprint density at radius 2 is 2.03 bits per heavy atom. The van der Waals surface area contributed by atoms with Gasteiger partial charge in [0, 0.05) is 12.7 Å². The highest BCUT2D eigenvalue weighted by molar-refractivity contribution is 5.73. The van der Waals surface area contributed by atoms with Crippen LogP contribution in [0.1, 0.15) is 64.3 Å². The summed E-state index contributed by atoms with van der Waals surface area (Å²) in [5.41, 5.74) is 3.38. The predicted molar refractivity (Wildman–Crippen MR) is 117 cm³/mol. The molecule has 2 aliphatic heterocycles. The second kappa shape index (κ2) is 7.97. The Morgan fingerprint density at radius 1 is 1.28 bits per heavy atom. The van der Waals surface area contributed by atoms with Crippen LogP contribution in [0, 0.1) is 12.3 Å². The number of aryl methyl sites for hydroxylation is 1. The second-order valence-electron chi connectivity index (χ2n) is 9.88. The lowest BCUT2D eigenvalue weighted by Crippen LogP contribution is -2.48. The zero-order valence-corrected chi connectivity index (χ0v) is 19.4. The smallest absolute Gasteiger partial charge is 0.407 e. The van der Waals surface area contributed by atoms with E-state index in [9.17, 15) is 9.90 Å². The number of hydrogen-bond donors (Lipinski definition) is 1. The summed E-state index contributed by atoms with van der Waals surface area (Å²) in [5, 5.41) is 17.9. The van der Waals surface area contributed by atoms with Crippen molar-refractivity contribution in [1.29, 1.82) is 0 Å². The van der Waals surface area contributed by atoms with Crippen molar-refractivity contribution >= 4 is 11.7 Å². The van der Waals surface area contributed by atoms with Gasteiger partial charge in [-0.3, -0.25) is 4.98 Å². The van der Waals surface area contributed by atoms with E-state index in [0.717, 1.165) is 22.4 Å². The molecule has 1 fully saturated rings. The van der Waals surface area contributed by atoms with E-state index in [0.29, 0.717) is 31.4 Å². The maximum atomic E-state index is 11.7. The highest BCUT2D eigenvalue weighted by atomic mass is 16.7. The normalized spacial score (nSPS) is 23.3. The Kier molecular flexibility index (Phi) is 5.58. The summed E-state index contributed by atoms with van der Waals surface area (Å²) in [6.45, 7) is 12.6. The highest BCUT2D eigenvalue weighted by Gasteiger charge is 2.37. The van der Waals surface area contributed by atoms with E-state index in [1.54, 1.807) is 6.20 Å². The number of hydrogen-bond acceptors (Lipinski definition) is 7. The van der Waals surface area contributed by atoms with Gasteiger partial charge in [-0.25, -0.2) is 4.79 Å². The summed E-state index contributed by atoms with van der Waals surface area (Å²) >= 11 is 0.